The second-order valence-electron chi connectivity index (χ2n) is 5.47. The highest BCUT2D eigenvalue weighted by molar-refractivity contribution is 9.10. The highest BCUT2D eigenvalue weighted by Crippen LogP contribution is 2.20. The number of halogens is 2. The van der Waals surface area contributed by atoms with E-state index in [-0.39, 0.29) is 24.4 Å². The Hall–Kier alpha value is -1.31. The number of amides is 2. The number of anilines is 1. The summed E-state index contributed by atoms with van der Waals surface area (Å²) >= 11 is 3.46. The molecule has 1 saturated heterocycles. The third-order valence-corrected chi connectivity index (χ3v) is 4.58. The number of ether oxygens (including phenoxy) is 1. The summed E-state index contributed by atoms with van der Waals surface area (Å²) in [5.74, 6) is -0.0506. The van der Waals surface area contributed by atoms with Crippen LogP contribution in [0.2, 0.25) is 0 Å². The van der Waals surface area contributed by atoms with Crippen molar-refractivity contribution >= 4 is 33.6 Å². The maximum absolute atomic E-state index is 12.1. The molecule has 0 radical (unpaired) electrons. The summed E-state index contributed by atoms with van der Waals surface area (Å²) in [6.45, 7) is 7.01. The molecule has 1 aliphatic heterocycles. The first kappa shape index (κ1) is 20.7. The standard InChI is InChI=1S/C16H22BrN3O3.ClH/c1-3-23-16(22)20-8-6-19(7-9-20)11-15(21)18-13-5-4-12(2)14(17)10-13;/h4-5,10H,3,6-9,11H2,1-2H3,(H,18,21);1H/p-1. The molecule has 1 N–H and O–H groups in total. The molecule has 0 spiro atoms. The molecule has 1 heterocycles. The summed E-state index contributed by atoms with van der Waals surface area (Å²) in [5.41, 5.74) is 1.90. The number of carbonyl (C=O) groups is 2. The van der Waals surface area contributed by atoms with Crippen molar-refractivity contribution in [3.05, 3.63) is 28.2 Å². The lowest BCUT2D eigenvalue weighted by molar-refractivity contribution is -0.117. The summed E-state index contributed by atoms with van der Waals surface area (Å²) in [7, 11) is 0. The van der Waals surface area contributed by atoms with Crippen molar-refractivity contribution in [1.82, 2.24) is 9.80 Å². The van der Waals surface area contributed by atoms with Gasteiger partial charge in [-0.25, -0.2) is 4.79 Å². The predicted molar refractivity (Wildman–Crippen MR) is 92.5 cm³/mol. The monoisotopic (exact) mass is 418 g/mol. The van der Waals surface area contributed by atoms with Crippen molar-refractivity contribution in [3.8, 4) is 0 Å². The Bertz CT molecular complexity index is 578. The molecule has 0 atom stereocenters. The molecule has 24 heavy (non-hydrogen) atoms. The van der Waals surface area contributed by atoms with Crippen molar-refractivity contribution in [2.75, 3.05) is 44.6 Å². The van der Waals surface area contributed by atoms with Gasteiger partial charge in [-0.2, -0.15) is 0 Å². The molecule has 1 fully saturated rings. The molecule has 0 bridgehead atoms. The van der Waals surface area contributed by atoms with Gasteiger partial charge in [-0.05, 0) is 31.5 Å². The molecule has 0 aliphatic carbocycles. The van der Waals surface area contributed by atoms with Gasteiger partial charge in [0.25, 0.3) is 0 Å². The van der Waals surface area contributed by atoms with Crippen molar-refractivity contribution < 1.29 is 26.7 Å². The van der Waals surface area contributed by atoms with Crippen LogP contribution in [0.1, 0.15) is 12.5 Å². The van der Waals surface area contributed by atoms with E-state index in [9.17, 15) is 9.59 Å². The number of carbonyl (C=O) groups excluding carboxylic acids is 2. The van der Waals surface area contributed by atoms with Crippen LogP contribution >= 0.6 is 15.9 Å². The minimum absolute atomic E-state index is 0. The predicted octanol–water partition coefficient (Wildman–Crippen LogP) is -0.526. The SMILES string of the molecule is CCOC(=O)N1CCN(CC(=O)Nc2ccc(C)c(Br)c2)CC1.[Cl-]. The molecule has 0 aromatic heterocycles. The summed E-state index contributed by atoms with van der Waals surface area (Å²) in [5, 5.41) is 2.90. The van der Waals surface area contributed by atoms with Crippen LogP contribution in [0.4, 0.5) is 10.5 Å². The van der Waals surface area contributed by atoms with Crippen LogP contribution in [0.15, 0.2) is 22.7 Å². The molecule has 1 aliphatic rings. The van der Waals surface area contributed by atoms with Gasteiger partial charge in [0.05, 0.1) is 13.2 Å². The Morgan fingerprint density at radius 3 is 2.50 bits per heavy atom. The van der Waals surface area contributed by atoms with Crippen LogP contribution < -0.4 is 17.7 Å². The quantitative estimate of drug-likeness (QED) is 0.713. The molecular formula is C16H22BrClN3O3-. The number of rotatable bonds is 4. The van der Waals surface area contributed by atoms with Gasteiger partial charge in [-0.15, -0.1) is 0 Å². The lowest BCUT2D eigenvalue weighted by Gasteiger charge is -2.33. The fourth-order valence-electron chi connectivity index (χ4n) is 2.38. The molecule has 1 aromatic carbocycles. The van der Waals surface area contributed by atoms with E-state index in [1.54, 1.807) is 11.8 Å². The normalized spacial score (nSPS) is 14.7. The Labute approximate surface area is 157 Å². The Kier molecular flexibility index (Phi) is 8.52. The minimum atomic E-state index is -0.277. The van der Waals surface area contributed by atoms with Crippen LogP contribution in [-0.4, -0.2) is 61.1 Å². The molecule has 0 saturated carbocycles. The third-order valence-electron chi connectivity index (χ3n) is 3.72. The zero-order valence-corrected chi connectivity index (χ0v) is 16.2. The summed E-state index contributed by atoms with van der Waals surface area (Å²) in [6.07, 6.45) is -0.277. The van der Waals surface area contributed by atoms with Crippen LogP contribution in [0, 0.1) is 6.92 Å². The largest absolute Gasteiger partial charge is 1.00 e. The van der Waals surface area contributed by atoms with Gasteiger partial charge in [-0.1, -0.05) is 22.0 Å². The van der Waals surface area contributed by atoms with E-state index < -0.39 is 0 Å². The first-order valence-corrected chi connectivity index (χ1v) is 8.49. The van der Waals surface area contributed by atoms with Crippen LogP contribution in [0.25, 0.3) is 0 Å². The topological polar surface area (TPSA) is 61.9 Å². The number of nitrogens with one attached hydrogen (secondary N) is 1. The Morgan fingerprint density at radius 1 is 1.25 bits per heavy atom. The number of benzene rings is 1. The Morgan fingerprint density at radius 2 is 1.92 bits per heavy atom. The molecular weight excluding hydrogens is 398 g/mol. The third kappa shape index (κ3) is 5.96. The van der Waals surface area contributed by atoms with E-state index in [1.165, 1.54) is 0 Å². The lowest BCUT2D eigenvalue weighted by Crippen LogP contribution is -3.00. The van der Waals surface area contributed by atoms with Gasteiger partial charge in [0.2, 0.25) is 5.91 Å². The smallest absolute Gasteiger partial charge is 0.409 e. The van der Waals surface area contributed by atoms with E-state index in [0.29, 0.717) is 39.3 Å². The van der Waals surface area contributed by atoms with Crippen molar-refractivity contribution in [2.45, 2.75) is 13.8 Å². The highest BCUT2D eigenvalue weighted by atomic mass is 79.9. The number of nitrogens with zero attached hydrogens (tertiary/aromatic N) is 2. The molecule has 134 valence electrons. The molecule has 2 rings (SSSR count). The molecule has 6 nitrogen and oxygen atoms in total. The van der Waals surface area contributed by atoms with Gasteiger partial charge in [0.1, 0.15) is 0 Å². The van der Waals surface area contributed by atoms with E-state index in [1.807, 2.05) is 30.0 Å². The van der Waals surface area contributed by atoms with Crippen molar-refractivity contribution in [2.24, 2.45) is 0 Å². The maximum Gasteiger partial charge on any atom is 0.409 e. The molecule has 1 aromatic rings. The van der Waals surface area contributed by atoms with E-state index >= 15 is 0 Å². The van der Waals surface area contributed by atoms with Gasteiger partial charge in [0.15, 0.2) is 0 Å². The van der Waals surface area contributed by atoms with E-state index in [4.69, 9.17) is 4.74 Å². The van der Waals surface area contributed by atoms with Gasteiger partial charge < -0.3 is 27.4 Å². The zero-order valence-electron chi connectivity index (χ0n) is 13.8. The first-order valence-electron chi connectivity index (χ1n) is 7.69. The van der Waals surface area contributed by atoms with Crippen molar-refractivity contribution in [1.29, 1.82) is 0 Å². The molecule has 8 heteroatoms. The minimum Gasteiger partial charge on any atom is -1.00 e. The van der Waals surface area contributed by atoms with Crippen molar-refractivity contribution in [3.63, 3.8) is 0 Å². The maximum atomic E-state index is 12.1. The average molecular weight is 420 g/mol. The van der Waals surface area contributed by atoms with Gasteiger partial charge in [-0.3, -0.25) is 9.69 Å². The number of hydrogen-bond acceptors (Lipinski definition) is 4. The van der Waals surface area contributed by atoms with E-state index in [2.05, 4.69) is 21.2 Å². The second kappa shape index (κ2) is 9.86. The van der Waals surface area contributed by atoms with Crippen LogP contribution in [0.5, 0.6) is 0 Å². The fourth-order valence-corrected chi connectivity index (χ4v) is 2.76. The van der Waals surface area contributed by atoms with Crippen LogP contribution in [0.3, 0.4) is 0 Å². The average Bonchev–Trinajstić information content (AvgIpc) is 2.52. The lowest BCUT2D eigenvalue weighted by atomic mass is 10.2. The summed E-state index contributed by atoms with van der Waals surface area (Å²) < 4.78 is 5.95. The van der Waals surface area contributed by atoms with Crippen LogP contribution in [-0.2, 0) is 9.53 Å². The molecule has 0 unspecified atom stereocenters. The fraction of sp³-hybridized carbons (Fsp3) is 0.500. The zero-order chi connectivity index (χ0) is 16.8. The molecule has 2 amide bonds. The van der Waals surface area contributed by atoms with E-state index in [0.717, 1.165) is 15.7 Å². The highest BCUT2D eigenvalue weighted by Gasteiger charge is 2.23. The number of hydrogen-bond donors (Lipinski definition) is 1. The first-order chi connectivity index (χ1) is 11.0. The number of aryl methyl sites for hydroxylation is 1. The number of piperazine rings is 1. The summed E-state index contributed by atoms with van der Waals surface area (Å²) in [4.78, 5) is 27.5. The van der Waals surface area contributed by atoms with Gasteiger partial charge in [0, 0.05) is 36.3 Å². The van der Waals surface area contributed by atoms with Gasteiger partial charge >= 0.3 is 6.09 Å². The second-order valence-corrected chi connectivity index (χ2v) is 6.33. The Balaban J connectivity index is 0.00000288. The summed E-state index contributed by atoms with van der Waals surface area (Å²) in [6, 6.07) is 5.74.